The van der Waals surface area contributed by atoms with Crippen LogP contribution < -0.4 is 0 Å². The smallest absolute Gasteiger partial charge is 0.0247 e. The second-order valence-corrected chi connectivity index (χ2v) is 5.71. The zero-order chi connectivity index (χ0) is 13.6. The summed E-state index contributed by atoms with van der Waals surface area (Å²) < 4.78 is 0. The molecule has 4 rings (SSSR count). The van der Waals surface area contributed by atoms with Crippen molar-refractivity contribution in [1.82, 2.24) is 0 Å². The molecule has 1 radical (unpaired) electrons. The molecular formula is C20H17. The van der Waals surface area contributed by atoms with Crippen LogP contribution in [0.4, 0.5) is 0 Å². The highest BCUT2D eigenvalue weighted by Gasteiger charge is 2.39. The summed E-state index contributed by atoms with van der Waals surface area (Å²) in [5.41, 5.74) is 4.53. The quantitative estimate of drug-likeness (QED) is 0.613. The molecule has 0 aromatic heterocycles. The van der Waals surface area contributed by atoms with Gasteiger partial charge in [-0.25, -0.2) is 0 Å². The maximum absolute atomic E-state index is 3.39. The van der Waals surface area contributed by atoms with Crippen LogP contribution in [-0.4, -0.2) is 0 Å². The summed E-state index contributed by atoms with van der Waals surface area (Å²) in [7, 11) is 0. The molecule has 1 unspecified atom stereocenters. The Hall–Kier alpha value is -2.08. The van der Waals surface area contributed by atoms with Crippen LogP contribution in [0, 0.1) is 6.07 Å². The standard InChI is InChI=1S/C20H17/c1-2-20(17-11-4-3-5-12-17)14-16-10-6-8-15-9-7-13-18(20)19(15)16/h3-7,9-13H,2,14H2,1H3. The minimum Gasteiger partial charge on any atom is -0.0642 e. The van der Waals surface area contributed by atoms with Gasteiger partial charge in [0.2, 0.25) is 0 Å². The van der Waals surface area contributed by atoms with Crippen LogP contribution in [-0.2, 0) is 11.8 Å². The molecule has 1 aliphatic rings. The van der Waals surface area contributed by atoms with Gasteiger partial charge in [0.05, 0.1) is 0 Å². The van der Waals surface area contributed by atoms with Crippen LogP contribution >= 0.6 is 0 Å². The third kappa shape index (κ3) is 1.42. The fourth-order valence-corrected chi connectivity index (χ4v) is 3.83. The molecule has 3 aromatic carbocycles. The summed E-state index contributed by atoms with van der Waals surface area (Å²) in [5.74, 6) is 0. The van der Waals surface area contributed by atoms with Crippen molar-refractivity contribution in [2.45, 2.75) is 25.2 Å². The molecule has 0 aliphatic heterocycles. The third-order valence-corrected chi connectivity index (χ3v) is 4.85. The molecule has 0 amide bonds. The SMILES string of the molecule is CCC1(c2ccccc2)Cc2cc[c]c3cccc1c23. The second kappa shape index (κ2) is 4.21. The van der Waals surface area contributed by atoms with E-state index in [1.165, 1.54) is 27.5 Å². The van der Waals surface area contributed by atoms with E-state index in [4.69, 9.17) is 0 Å². The molecule has 0 bridgehead atoms. The lowest BCUT2D eigenvalue weighted by atomic mass is 9.73. The van der Waals surface area contributed by atoms with Crippen molar-refractivity contribution in [3.05, 3.63) is 83.4 Å². The van der Waals surface area contributed by atoms with E-state index in [-0.39, 0.29) is 5.41 Å². The lowest BCUT2D eigenvalue weighted by Gasteiger charge is -2.30. The zero-order valence-electron chi connectivity index (χ0n) is 11.7. The van der Waals surface area contributed by atoms with Crippen LogP contribution in [0.25, 0.3) is 10.8 Å². The molecule has 0 spiro atoms. The maximum Gasteiger partial charge on any atom is 0.0247 e. The van der Waals surface area contributed by atoms with E-state index < -0.39 is 0 Å². The van der Waals surface area contributed by atoms with Gasteiger partial charge in [0.25, 0.3) is 0 Å². The van der Waals surface area contributed by atoms with E-state index in [9.17, 15) is 0 Å². The summed E-state index contributed by atoms with van der Waals surface area (Å²) in [6.45, 7) is 2.31. The van der Waals surface area contributed by atoms with E-state index in [0.717, 1.165) is 12.8 Å². The highest BCUT2D eigenvalue weighted by Crippen LogP contribution is 2.48. The molecule has 3 aromatic rings. The average molecular weight is 257 g/mol. The van der Waals surface area contributed by atoms with E-state index >= 15 is 0 Å². The lowest BCUT2D eigenvalue weighted by molar-refractivity contribution is 0.512. The molecule has 0 N–H and O–H groups in total. The van der Waals surface area contributed by atoms with E-state index in [1.54, 1.807) is 0 Å². The van der Waals surface area contributed by atoms with Gasteiger partial charge in [-0.3, -0.25) is 0 Å². The molecule has 0 nitrogen and oxygen atoms in total. The molecule has 0 heterocycles. The van der Waals surface area contributed by atoms with Crippen molar-refractivity contribution in [1.29, 1.82) is 0 Å². The van der Waals surface area contributed by atoms with Gasteiger partial charge in [-0.05, 0) is 46.4 Å². The first-order chi connectivity index (χ1) is 9.85. The Balaban J connectivity index is 2.05. The lowest BCUT2D eigenvalue weighted by Crippen LogP contribution is -2.25. The van der Waals surface area contributed by atoms with Crippen molar-refractivity contribution < 1.29 is 0 Å². The normalized spacial score (nSPS) is 20.4. The first-order valence-electron chi connectivity index (χ1n) is 7.33. The molecule has 0 saturated heterocycles. The van der Waals surface area contributed by atoms with E-state index in [1.807, 2.05) is 0 Å². The summed E-state index contributed by atoms with van der Waals surface area (Å²) >= 11 is 0. The fraction of sp³-hybridized carbons (Fsp3) is 0.200. The van der Waals surface area contributed by atoms with Crippen LogP contribution in [0.1, 0.15) is 30.0 Å². The summed E-state index contributed by atoms with van der Waals surface area (Å²) in [6.07, 6.45) is 2.24. The minimum absolute atomic E-state index is 0.137. The molecule has 1 aliphatic carbocycles. The number of hydrogen-bond donors (Lipinski definition) is 0. The highest BCUT2D eigenvalue weighted by atomic mass is 14.4. The van der Waals surface area contributed by atoms with Gasteiger partial charge in [-0.15, -0.1) is 0 Å². The Bertz CT molecular complexity index is 765. The van der Waals surface area contributed by atoms with Crippen molar-refractivity contribution in [3.63, 3.8) is 0 Å². The minimum atomic E-state index is 0.137. The van der Waals surface area contributed by atoms with Crippen LogP contribution in [0.2, 0.25) is 0 Å². The maximum atomic E-state index is 3.39. The van der Waals surface area contributed by atoms with Crippen molar-refractivity contribution in [2.24, 2.45) is 0 Å². The van der Waals surface area contributed by atoms with Gasteiger partial charge < -0.3 is 0 Å². The van der Waals surface area contributed by atoms with Crippen molar-refractivity contribution in [3.8, 4) is 0 Å². The molecular weight excluding hydrogens is 240 g/mol. The third-order valence-electron chi connectivity index (χ3n) is 4.85. The van der Waals surface area contributed by atoms with Gasteiger partial charge in [-0.1, -0.05) is 67.6 Å². The summed E-state index contributed by atoms with van der Waals surface area (Å²) in [6, 6.07) is 25.3. The Morgan fingerprint density at radius 3 is 2.65 bits per heavy atom. The summed E-state index contributed by atoms with van der Waals surface area (Å²) in [4.78, 5) is 0. The monoisotopic (exact) mass is 257 g/mol. The second-order valence-electron chi connectivity index (χ2n) is 5.71. The topological polar surface area (TPSA) is 0 Å². The van der Waals surface area contributed by atoms with Gasteiger partial charge >= 0.3 is 0 Å². The zero-order valence-corrected chi connectivity index (χ0v) is 11.7. The largest absolute Gasteiger partial charge is 0.0642 e. The van der Waals surface area contributed by atoms with Crippen molar-refractivity contribution in [2.75, 3.05) is 0 Å². The van der Waals surface area contributed by atoms with Crippen LogP contribution in [0.15, 0.2) is 60.7 Å². The fourth-order valence-electron chi connectivity index (χ4n) is 3.83. The predicted molar refractivity (Wildman–Crippen MR) is 84.0 cm³/mol. The van der Waals surface area contributed by atoms with Gasteiger partial charge in [0.1, 0.15) is 0 Å². The van der Waals surface area contributed by atoms with E-state index in [0.29, 0.717) is 0 Å². The average Bonchev–Trinajstić information content (AvgIpc) is 2.86. The molecule has 0 saturated carbocycles. The Kier molecular flexibility index (Phi) is 2.47. The number of benzene rings is 3. The highest BCUT2D eigenvalue weighted by molar-refractivity contribution is 5.92. The Morgan fingerprint density at radius 2 is 1.85 bits per heavy atom. The van der Waals surface area contributed by atoms with Gasteiger partial charge in [0, 0.05) is 5.41 Å². The first kappa shape index (κ1) is 11.7. The predicted octanol–water partition coefficient (Wildman–Crippen LogP) is 4.89. The Labute approximate surface area is 120 Å². The van der Waals surface area contributed by atoms with Gasteiger partial charge in [0.15, 0.2) is 0 Å². The molecule has 0 heteroatoms. The molecule has 97 valence electrons. The Morgan fingerprint density at radius 1 is 1.00 bits per heavy atom. The van der Waals surface area contributed by atoms with E-state index in [2.05, 4.69) is 73.7 Å². The number of hydrogen-bond acceptors (Lipinski definition) is 0. The van der Waals surface area contributed by atoms with Crippen LogP contribution in [0.5, 0.6) is 0 Å². The molecule has 0 fully saturated rings. The molecule has 20 heavy (non-hydrogen) atoms. The number of rotatable bonds is 2. The van der Waals surface area contributed by atoms with Gasteiger partial charge in [-0.2, -0.15) is 0 Å². The molecule has 1 atom stereocenters. The summed E-state index contributed by atoms with van der Waals surface area (Å²) in [5, 5.41) is 2.69. The first-order valence-corrected chi connectivity index (χ1v) is 7.33. The van der Waals surface area contributed by atoms with Crippen molar-refractivity contribution >= 4 is 10.8 Å². The van der Waals surface area contributed by atoms with Crippen LogP contribution in [0.3, 0.4) is 0 Å².